The molecular formula is C9H18N4O3. The number of morpholine rings is 1. The van der Waals surface area contributed by atoms with Crippen molar-refractivity contribution in [2.75, 3.05) is 39.4 Å². The lowest BCUT2D eigenvalue weighted by atomic mass is 10.3. The number of amidine groups is 1. The van der Waals surface area contributed by atoms with E-state index in [4.69, 9.17) is 15.7 Å². The Hall–Kier alpha value is -1.34. The van der Waals surface area contributed by atoms with Crippen LogP contribution in [0.15, 0.2) is 5.16 Å². The molecule has 1 heterocycles. The van der Waals surface area contributed by atoms with Crippen molar-refractivity contribution in [2.24, 2.45) is 10.9 Å². The van der Waals surface area contributed by atoms with Crippen LogP contribution in [-0.2, 0) is 9.53 Å². The van der Waals surface area contributed by atoms with Crippen LogP contribution in [0.4, 0.5) is 0 Å². The molecule has 0 atom stereocenters. The summed E-state index contributed by atoms with van der Waals surface area (Å²) >= 11 is 0. The van der Waals surface area contributed by atoms with Crippen molar-refractivity contribution in [1.29, 1.82) is 0 Å². The van der Waals surface area contributed by atoms with Gasteiger partial charge in [-0.3, -0.25) is 9.69 Å². The molecule has 0 radical (unpaired) electrons. The molecule has 92 valence electrons. The fourth-order valence-electron chi connectivity index (χ4n) is 1.44. The Labute approximate surface area is 94.2 Å². The number of hydrogen-bond acceptors (Lipinski definition) is 5. The Balaban J connectivity index is 2.07. The van der Waals surface area contributed by atoms with Crippen LogP contribution >= 0.6 is 0 Å². The molecule has 0 bridgehead atoms. The number of nitrogens with zero attached hydrogens (tertiary/aromatic N) is 2. The molecule has 7 nitrogen and oxygen atoms in total. The van der Waals surface area contributed by atoms with E-state index in [2.05, 4.69) is 15.4 Å². The topological polar surface area (TPSA) is 100 Å². The van der Waals surface area contributed by atoms with Gasteiger partial charge in [0.15, 0.2) is 0 Å². The van der Waals surface area contributed by atoms with E-state index >= 15 is 0 Å². The van der Waals surface area contributed by atoms with Crippen LogP contribution in [0.1, 0.15) is 6.42 Å². The molecule has 0 spiro atoms. The highest BCUT2D eigenvalue weighted by Gasteiger charge is 2.10. The number of ether oxygens (including phenoxy) is 1. The summed E-state index contributed by atoms with van der Waals surface area (Å²) in [6.45, 7) is 4.66. The number of amides is 1. The quantitative estimate of drug-likeness (QED) is 0.233. The van der Waals surface area contributed by atoms with Crippen LogP contribution in [0, 0.1) is 0 Å². The number of oxime groups is 1. The molecule has 1 rings (SSSR count). The normalized spacial score (nSPS) is 18.4. The first-order valence-electron chi connectivity index (χ1n) is 5.25. The second-order valence-corrected chi connectivity index (χ2v) is 3.57. The molecule has 0 aromatic rings. The highest BCUT2D eigenvalue weighted by molar-refractivity contribution is 5.98. The van der Waals surface area contributed by atoms with Gasteiger partial charge in [0.05, 0.1) is 19.6 Å². The zero-order chi connectivity index (χ0) is 11.8. The van der Waals surface area contributed by atoms with E-state index in [1.54, 1.807) is 0 Å². The molecule has 1 amide bonds. The summed E-state index contributed by atoms with van der Waals surface area (Å²) in [6, 6.07) is 0. The summed E-state index contributed by atoms with van der Waals surface area (Å²) in [5.74, 6) is -0.313. The van der Waals surface area contributed by atoms with Gasteiger partial charge in [-0.2, -0.15) is 0 Å². The summed E-state index contributed by atoms with van der Waals surface area (Å²) < 4.78 is 5.21. The number of nitrogens with one attached hydrogen (secondary N) is 1. The van der Waals surface area contributed by atoms with Gasteiger partial charge < -0.3 is 21.0 Å². The zero-order valence-electron chi connectivity index (χ0n) is 9.19. The third-order valence-electron chi connectivity index (χ3n) is 2.32. The third kappa shape index (κ3) is 4.94. The molecular weight excluding hydrogens is 212 g/mol. The van der Waals surface area contributed by atoms with Gasteiger partial charge in [-0.05, 0) is 0 Å². The van der Waals surface area contributed by atoms with Gasteiger partial charge in [0, 0.05) is 26.2 Å². The summed E-state index contributed by atoms with van der Waals surface area (Å²) in [7, 11) is 0. The molecule has 0 aromatic carbocycles. The van der Waals surface area contributed by atoms with Crippen LogP contribution < -0.4 is 11.1 Å². The Kier molecular flexibility index (Phi) is 5.58. The van der Waals surface area contributed by atoms with Crippen LogP contribution in [0.5, 0.6) is 0 Å². The third-order valence-corrected chi connectivity index (χ3v) is 2.32. The maximum Gasteiger partial charge on any atom is 0.227 e. The van der Waals surface area contributed by atoms with Gasteiger partial charge in [0.2, 0.25) is 5.91 Å². The fraction of sp³-hybridized carbons (Fsp3) is 0.778. The van der Waals surface area contributed by atoms with Gasteiger partial charge >= 0.3 is 0 Å². The van der Waals surface area contributed by atoms with E-state index in [1.807, 2.05) is 0 Å². The predicted molar refractivity (Wildman–Crippen MR) is 58.3 cm³/mol. The zero-order valence-corrected chi connectivity index (χ0v) is 9.19. The van der Waals surface area contributed by atoms with Crippen molar-refractivity contribution in [3.8, 4) is 0 Å². The number of carbonyl (C=O) groups excluding carboxylic acids is 1. The number of hydrogen-bond donors (Lipinski definition) is 3. The first kappa shape index (κ1) is 12.7. The van der Waals surface area contributed by atoms with Crippen molar-refractivity contribution in [3.05, 3.63) is 0 Å². The van der Waals surface area contributed by atoms with Crippen LogP contribution in [-0.4, -0.2) is 61.2 Å². The molecule has 0 aromatic heterocycles. The van der Waals surface area contributed by atoms with Crippen molar-refractivity contribution in [3.63, 3.8) is 0 Å². The van der Waals surface area contributed by atoms with Crippen molar-refractivity contribution in [2.45, 2.75) is 6.42 Å². The van der Waals surface area contributed by atoms with E-state index in [-0.39, 0.29) is 18.2 Å². The number of carbonyl (C=O) groups is 1. The van der Waals surface area contributed by atoms with Gasteiger partial charge in [-0.25, -0.2) is 0 Å². The van der Waals surface area contributed by atoms with Crippen LogP contribution in [0.3, 0.4) is 0 Å². The Bertz CT molecular complexity index is 251. The summed E-state index contributed by atoms with van der Waals surface area (Å²) in [6.07, 6.45) is -0.0698. The molecule has 4 N–H and O–H groups in total. The molecule has 0 aliphatic carbocycles. The summed E-state index contributed by atoms with van der Waals surface area (Å²) in [5.41, 5.74) is 5.20. The number of rotatable bonds is 5. The Morgan fingerprint density at radius 2 is 2.19 bits per heavy atom. The minimum atomic E-state index is -0.233. The molecule has 0 saturated carbocycles. The Morgan fingerprint density at radius 1 is 1.50 bits per heavy atom. The van der Waals surface area contributed by atoms with E-state index in [0.29, 0.717) is 6.54 Å². The minimum Gasteiger partial charge on any atom is -0.409 e. The standard InChI is InChI=1S/C9H18N4O3/c10-8(12-15)7-9(14)11-1-2-13-3-5-16-6-4-13/h15H,1-7H2,(H2,10,12)(H,11,14). The molecule has 0 unspecified atom stereocenters. The lowest BCUT2D eigenvalue weighted by Crippen LogP contribution is -2.41. The second kappa shape index (κ2) is 7.02. The fourth-order valence-corrected chi connectivity index (χ4v) is 1.44. The van der Waals surface area contributed by atoms with Crippen molar-refractivity contribution >= 4 is 11.7 Å². The molecule has 7 heteroatoms. The van der Waals surface area contributed by atoms with E-state index in [1.165, 1.54) is 0 Å². The minimum absolute atomic E-state index is 0.0698. The van der Waals surface area contributed by atoms with E-state index in [9.17, 15) is 4.79 Å². The van der Waals surface area contributed by atoms with Crippen molar-refractivity contribution in [1.82, 2.24) is 10.2 Å². The molecule has 16 heavy (non-hydrogen) atoms. The number of nitrogens with two attached hydrogens (primary N) is 1. The molecule has 1 aliphatic heterocycles. The summed E-state index contributed by atoms with van der Waals surface area (Å²) in [5, 5.41) is 13.7. The lowest BCUT2D eigenvalue weighted by Gasteiger charge is -2.26. The second-order valence-electron chi connectivity index (χ2n) is 3.57. The average Bonchev–Trinajstić information content (AvgIpc) is 2.30. The van der Waals surface area contributed by atoms with Gasteiger partial charge in [0.1, 0.15) is 5.84 Å². The van der Waals surface area contributed by atoms with Gasteiger partial charge in [0.25, 0.3) is 0 Å². The highest BCUT2D eigenvalue weighted by Crippen LogP contribution is 1.94. The monoisotopic (exact) mass is 230 g/mol. The predicted octanol–water partition coefficient (Wildman–Crippen LogP) is -1.43. The van der Waals surface area contributed by atoms with Gasteiger partial charge in [-0.1, -0.05) is 5.16 Å². The molecule has 1 saturated heterocycles. The van der Waals surface area contributed by atoms with E-state index in [0.717, 1.165) is 32.8 Å². The van der Waals surface area contributed by atoms with Crippen molar-refractivity contribution < 1.29 is 14.7 Å². The summed E-state index contributed by atoms with van der Waals surface area (Å²) in [4.78, 5) is 13.4. The highest BCUT2D eigenvalue weighted by atomic mass is 16.5. The van der Waals surface area contributed by atoms with Gasteiger partial charge in [-0.15, -0.1) is 0 Å². The molecule has 1 fully saturated rings. The van der Waals surface area contributed by atoms with E-state index < -0.39 is 0 Å². The lowest BCUT2D eigenvalue weighted by molar-refractivity contribution is -0.120. The molecule has 1 aliphatic rings. The first-order valence-corrected chi connectivity index (χ1v) is 5.25. The maximum atomic E-state index is 11.2. The maximum absolute atomic E-state index is 11.2. The van der Waals surface area contributed by atoms with Crippen LogP contribution in [0.2, 0.25) is 0 Å². The largest absolute Gasteiger partial charge is 0.409 e. The smallest absolute Gasteiger partial charge is 0.227 e. The average molecular weight is 230 g/mol. The SMILES string of the molecule is NC(CC(=O)NCCN1CCOCC1)=NO. The Morgan fingerprint density at radius 3 is 2.81 bits per heavy atom. The first-order chi connectivity index (χ1) is 7.72. The van der Waals surface area contributed by atoms with Crippen LogP contribution in [0.25, 0.3) is 0 Å².